The third-order valence-corrected chi connectivity index (χ3v) is 3.53. The van der Waals surface area contributed by atoms with E-state index < -0.39 is 0 Å². The monoisotopic (exact) mass is 275 g/mol. The number of rotatable bonds is 3. The Hall–Kier alpha value is -1.88. The van der Waals surface area contributed by atoms with Crippen LogP contribution in [0.25, 0.3) is 0 Å². The van der Waals surface area contributed by atoms with Gasteiger partial charge in [0.25, 0.3) is 0 Å². The van der Waals surface area contributed by atoms with E-state index in [4.69, 9.17) is 0 Å². The zero-order valence-corrected chi connectivity index (χ0v) is 12.0. The van der Waals surface area contributed by atoms with Crippen molar-refractivity contribution < 1.29 is 9.59 Å². The topological polar surface area (TPSA) is 70.2 Å². The van der Waals surface area contributed by atoms with E-state index >= 15 is 0 Å². The molecule has 1 aliphatic rings. The van der Waals surface area contributed by atoms with Crippen LogP contribution >= 0.6 is 0 Å². The first-order valence-electron chi connectivity index (χ1n) is 6.96. The van der Waals surface area contributed by atoms with Gasteiger partial charge < -0.3 is 16.0 Å². The number of anilines is 2. The third-order valence-electron chi connectivity index (χ3n) is 3.53. The first kappa shape index (κ1) is 14.5. The van der Waals surface area contributed by atoms with Gasteiger partial charge in [-0.2, -0.15) is 0 Å². The first-order valence-corrected chi connectivity index (χ1v) is 6.96. The highest BCUT2D eigenvalue weighted by Crippen LogP contribution is 2.22. The molecular formula is C15H21N3O2. The molecule has 5 nitrogen and oxygen atoms in total. The fourth-order valence-electron chi connectivity index (χ4n) is 2.36. The summed E-state index contributed by atoms with van der Waals surface area (Å²) in [6.45, 7) is 5.19. The summed E-state index contributed by atoms with van der Waals surface area (Å²) in [5.74, 6) is 0.0131. The van der Waals surface area contributed by atoms with E-state index in [1.165, 1.54) is 6.92 Å². The molecule has 0 atom stereocenters. The van der Waals surface area contributed by atoms with Crippen molar-refractivity contribution in [1.82, 2.24) is 5.32 Å². The van der Waals surface area contributed by atoms with Gasteiger partial charge in [0, 0.05) is 24.2 Å². The van der Waals surface area contributed by atoms with Gasteiger partial charge in [0.15, 0.2) is 0 Å². The van der Waals surface area contributed by atoms with Crippen molar-refractivity contribution in [2.45, 2.75) is 26.7 Å². The van der Waals surface area contributed by atoms with Crippen LogP contribution in [-0.2, 0) is 9.59 Å². The van der Waals surface area contributed by atoms with Crippen LogP contribution in [0.2, 0.25) is 0 Å². The quantitative estimate of drug-likeness (QED) is 0.789. The van der Waals surface area contributed by atoms with E-state index in [2.05, 4.69) is 16.0 Å². The van der Waals surface area contributed by atoms with Crippen LogP contribution in [-0.4, -0.2) is 24.9 Å². The van der Waals surface area contributed by atoms with Crippen LogP contribution in [0.1, 0.15) is 25.3 Å². The number of hydrogen-bond donors (Lipinski definition) is 3. The van der Waals surface area contributed by atoms with E-state index in [-0.39, 0.29) is 17.7 Å². The predicted molar refractivity (Wildman–Crippen MR) is 79.7 cm³/mol. The van der Waals surface area contributed by atoms with Gasteiger partial charge in [-0.3, -0.25) is 9.59 Å². The molecule has 108 valence electrons. The fraction of sp³-hybridized carbons (Fsp3) is 0.467. The maximum atomic E-state index is 12.2. The SMILES string of the molecule is CC(=O)Nc1ccc(C)c(NC(=O)C2CCNCC2)c1. The Morgan fingerprint density at radius 1 is 1.20 bits per heavy atom. The molecule has 2 amide bonds. The van der Waals surface area contributed by atoms with Gasteiger partial charge in [-0.15, -0.1) is 0 Å². The van der Waals surface area contributed by atoms with Crippen molar-refractivity contribution in [3.05, 3.63) is 23.8 Å². The van der Waals surface area contributed by atoms with Crippen molar-refractivity contribution in [3.8, 4) is 0 Å². The molecule has 0 aliphatic carbocycles. The molecule has 0 unspecified atom stereocenters. The first-order chi connectivity index (χ1) is 9.56. The minimum atomic E-state index is -0.121. The Bertz CT molecular complexity index is 508. The van der Waals surface area contributed by atoms with Crippen LogP contribution in [0, 0.1) is 12.8 Å². The standard InChI is InChI=1S/C15H21N3O2/c1-10-3-4-13(17-11(2)19)9-14(10)18-15(20)12-5-7-16-8-6-12/h3-4,9,12,16H,5-8H2,1-2H3,(H,17,19)(H,18,20). The van der Waals surface area contributed by atoms with Crippen LogP contribution in [0.3, 0.4) is 0 Å². The number of aryl methyl sites for hydroxylation is 1. The average molecular weight is 275 g/mol. The molecule has 0 bridgehead atoms. The van der Waals surface area contributed by atoms with E-state index in [1.807, 2.05) is 19.1 Å². The maximum Gasteiger partial charge on any atom is 0.227 e. The lowest BCUT2D eigenvalue weighted by Crippen LogP contribution is -2.34. The summed E-state index contributed by atoms with van der Waals surface area (Å²) >= 11 is 0. The molecule has 20 heavy (non-hydrogen) atoms. The highest BCUT2D eigenvalue weighted by molar-refractivity contribution is 5.95. The van der Waals surface area contributed by atoms with Crippen molar-refractivity contribution in [1.29, 1.82) is 0 Å². The van der Waals surface area contributed by atoms with Crippen LogP contribution in [0.5, 0.6) is 0 Å². The number of hydrogen-bond acceptors (Lipinski definition) is 3. The Morgan fingerprint density at radius 2 is 1.90 bits per heavy atom. The van der Waals surface area contributed by atoms with Crippen LogP contribution in [0.4, 0.5) is 11.4 Å². The molecule has 3 N–H and O–H groups in total. The van der Waals surface area contributed by atoms with E-state index in [0.717, 1.165) is 37.2 Å². The second-order valence-electron chi connectivity index (χ2n) is 5.22. The molecule has 1 aromatic carbocycles. The zero-order chi connectivity index (χ0) is 14.5. The van der Waals surface area contributed by atoms with Gasteiger partial charge >= 0.3 is 0 Å². The number of carbonyl (C=O) groups is 2. The van der Waals surface area contributed by atoms with Crippen molar-refractivity contribution in [3.63, 3.8) is 0 Å². The lowest BCUT2D eigenvalue weighted by atomic mass is 9.97. The largest absolute Gasteiger partial charge is 0.326 e. The van der Waals surface area contributed by atoms with Crippen LogP contribution in [0.15, 0.2) is 18.2 Å². The average Bonchev–Trinajstić information content (AvgIpc) is 2.43. The molecule has 0 radical (unpaired) electrons. The van der Waals surface area contributed by atoms with Crippen LogP contribution < -0.4 is 16.0 Å². The number of piperidine rings is 1. The molecule has 0 spiro atoms. The second kappa shape index (κ2) is 6.52. The van der Waals surface area contributed by atoms with E-state index in [0.29, 0.717) is 5.69 Å². The predicted octanol–water partition coefficient (Wildman–Crippen LogP) is 1.89. The highest BCUT2D eigenvalue weighted by Gasteiger charge is 2.21. The fourth-order valence-corrected chi connectivity index (χ4v) is 2.36. The lowest BCUT2D eigenvalue weighted by Gasteiger charge is -2.22. The van der Waals surface area contributed by atoms with Gasteiger partial charge in [-0.05, 0) is 50.6 Å². The molecule has 0 saturated carbocycles. The Balaban J connectivity index is 2.07. The minimum absolute atomic E-state index is 0.0644. The van der Waals surface area contributed by atoms with Gasteiger partial charge in [0.1, 0.15) is 0 Å². The molecule has 1 fully saturated rings. The molecule has 1 heterocycles. The van der Waals surface area contributed by atoms with Gasteiger partial charge in [0.05, 0.1) is 0 Å². The highest BCUT2D eigenvalue weighted by atomic mass is 16.2. The number of benzene rings is 1. The summed E-state index contributed by atoms with van der Waals surface area (Å²) in [6, 6.07) is 5.52. The summed E-state index contributed by atoms with van der Waals surface area (Å²) in [5.41, 5.74) is 2.45. The van der Waals surface area contributed by atoms with E-state index in [1.54, 1.807) is 6.07 Å². The molecule has 1 aliphatic heterocycles. The minimum Gasteiger partial charge on any atom is -0.326 e. The van der Waals surface area contributed by atoms with Crippen molar-refractivity contribution in [2.75, 3.05) is 23.7 Å². The van der Waals surface area contributed by atoms with Crippen molar-refractivity contribution >= 4 is 23.2 Å². The molecule has 5 heteroatoms. The molecule has 1 aromatic rings. The normalized spacial score (nSPS) is 15.7. The van der Waals surface area contributed by atoms with Gasteiger partial charge in [-0.1, -0.05) is 6.07 Å². The summed E-state index contributed by atoms with van der Waals surface area (Å²) < 4.78 is 0. The van der Waals surface area contributed by atoms with Gasteiger partial charge in [-0.25, -0.2) is 0 Å². The Kier molecular flexibility index (Phi) is 4.74. The Morgan fingerprint density at radius 3 is 2.55 bits per heavy atom. The number of amides is 2. The Labute approximate surface area is 119 Å². The van der Waals surface area contributed by atoms with Gasteiger partial charge in [0.2, 0.25) is 11.8 Å². The zero-order valence-electron chi connectivity index (χ0n) is 12.0. The third kappa shape index (κ3) is 3.81. The maximum absolute atomic E-state index is 12.2. The molecular weight excluding hydrogens is 254 g/mol. The van der Waals surface area contributed by atoms with E-state index in [9.17, 15) is 9.59 Å². The number of carbonyl (C=O) groups excluding carboxylic acids is 2. The summed E-state index contributed by atoms with van der Waals surface area (Å²) in [4.78, 5) is 23.3. The second-order valence-corrected chi connectivity index (χ2v) is 5.22. The summed E-state index contributed by atoms with van der Waals surface area (Å²) in [7, 11) is 0. The number of nitrogens with one attached hydrogen (secondary N) is 3. The molecule has 1 saturated heterocycles. The summed E-state index contributed by atoms with van der Waals surface area (Å²) in [6.07, 6.45) is 1.74. The smallest absolute Gasteiger partial charge is 0.227 e. The van der Waals surface area contributed by atoms with Crippen molar-refractivity contribution in [2.24, 2.45) is 5.92 Å². The summed E-state index contributed by atoms with van der Waals surface area (Å²) in [5, 5.41) is 8.95. The molecule has 0 aromatic heterocycles. The molecule has 2 rings (SSSR count). The lowest BCUT2D eigenvalue weighted by molar-refractivity contribution is -0.120.